The topological polar surface area (TPSA) is 97.0 Å². The summed E-state index contributed by atoms with van der Waals surface area (Å²) >= 11 is 0. The SMILES string of the molecule is C=C1CC(CC(=O)Nc2ccc(CC(c3ccc(F)c(F)c3)N(C)CCNCN(CC=O)CCNC)c(C=O)c2)N1C. The summed E-state index contributed by atoms with van der Waals surface area (Å²) in [7, 11) is 5.65. The molecular weight excluding hydrogens is 542 g/mol. The maximum Gasteiger partial charge on any atom is 0.226 e. The summed E-state index contributed by atoms with van der Waals surface area (Å²) in [5, 5.41) is 9.27. The van der Waals surface area contributed by atoms with Crippen molar-refractivity contribution in [3.05, 3.63) is 77.0 Å². The van der Waals surface area contributed by atoms with E-state index in [1.165, 1.54) is 6.07 Å². The molecule has 0 spiro atoms. The van der Waals surface area contributed by atoms with Crippen molar-refractivity contribution in [2.45, 2.75) is 31.3 Å². The first-order valence-electron chi connectivity index (χ1n) is 14.1. The fraction of sp³-hybridized carbons (Fsp3) is 0.452. The van der Waals surface area contributed by atoms with E-state index < -0.39 is 11.6 Å². The third kappa shape index (κ3) is 9.25. The maximum absolute atomic E-state index is 14.2. The first-order chi connectivity index (χ1) is 20.2. The summed E-state index contributed by atoms with van der Waals surface area (Å²) in [6, 6.07) is 8.78. The van der Waals surface area contributed by atoms with Gasteiger partial charge in [0.15, 0.2) is 11.6 Å². The lowest BCUT2D eigenvalue weighted by molar-refractivity contribution is -0.117. The van der Waals surface area contributed by atoms with Crippen molar-refractivity contribution < 1.29 is 23.2 Å². The fourth-order valence-corrected chi connectivity index (χ4v) is 5.02. The van der Waals surface area contributed by atoms with Crippen LogP contribution >= 0.6 is 0 Å². The number of anilines is 1. The molecule has 3 N–H and O–H groups in total. The van der Waals surface area contributed by atoms with Crippen LogP contribution in [0.1, 0.15) is 40.4 Å². The number of hydrogen-bond donors (Lipinski definition) is 3. The number of carbonyl (C=O) groups is 3. The number of likely N-dealkylation sites (tertiary alicyclic amines) is 1. The number of likely N-dealkylation sites (N-methyl/N-ethyl adjacent to an activating group) is 2. The van der Waals surface area contributed by atoms with Gasteiger partial charge in [0.2, 0.25) is 5.91 Å². The molecule has 11 heteroatoms. The molecule has 2 aromatic rings. The van der Waals surface area contributed by atoms with Gasteiger partial charge in [-0.25, -0.2) is 8.78 Å². The zero-order valence-electron chi connectivity index (χ0n) is 24.7. The minimum absolute atomic E-state index is 0.116. The Morgan fingerprint density at radius 1 is 1.14 bits per heavy atom. The second kappa shape index (κ2) is 16.2. The zero-order valence-corrected chi connectivity index (χ0v) is 24.7. The van der Waals surface area contributed by atoms with E-state index in [4.69, 9.17) is 0 Å². The van der Waals surface area contributed by atoms with Gasteiger partial charge < -0.3 is 25.6 Å². The Bertz CT molecular complexity index is 1240. The number of rotatable bonds is 18. The Morgan fingerprint density at radius 3 is 2.57 bits per heavy atom. The van der Waals surface area contributed by atoms with Crippen LogP contribution in [-0.2, 0) is 16.0 Å². The predicted octanol–water partition coefficient (Wildman–Crippen LogP) is 2.81. The lowest BCUT2D eigenvalue weighted by atomic mass is 9.94. The molecule has 2 atom stereocenters. The molecule has 1 aliphatic heterocycles. The van der Waals surface area contributed by atoms with Crippen LogP contribution in [-0.4, -0.2) is 99.8 Å². The molecule has 0 saturated carbocycles. The van der Waals surface area contributed by atoms with Gasteiger partial charge in [-0.15, -0.1) is 0 Å². The molecule has 2 aromatic carbocycles. The smallest absolute Gasteiger partial charge is 0.226 e. The Balaban J connectivity index is 1.70. The molecule has 1 aliphatic rings. The van der Waals surface area contributed by atoms with E-state index in [0.717, 1.165) is 42.9 Å². The van der Waals surface area contributed by atoms with Gasteiger partial charge in [-0.2, -0.15) is 0 Å². The number of aldehydes is 2. The molecular formula is C31H42F2N6O3. The molecule has 0 aliphatic carbocycles. The zero-order chi connectivity index (χ0) is 30.6. The Labute approximate surface area is 246 Å². The molecule has 228 valence electrons. The van der Waals surface area contributed by atoms with E-state index in [-0.39, 0.29) is 18.0 Å². The highest BCUT2D eigenvalue weighted by atomic mass is 19.2. The quantitative estimate of drug-likeness (QED) is 0.140. The standard InChI is InChI=1S/C31H42F2N6O3/c1-22-15-27(38(22)4)19-31(42)36-26-7-5-23(25(16-26)20-41)18-30(24-6-8-28(32)29(33)17-24)37(3)11-10-35-21-39(13-14-40)12-9-34-2/h5-8,14,16-17,20,27,30,34-35H,1,9-13,15,18-19,21H2,2-4H3,(H,36,42). The highest BCUT2D eigenvalue weighted by molar-refractivity contribution is 5.92. The van der Waals surface area contributed by atoms with E-state index in [0.29, 0.717) is 62.5 Å². The molecule has 2 unspecified atom stereocenters. The first-order valence-corrected chi connectivity index (χ1v) is 14.1. The van der Waals surface area contributed by atoms with Crippen LogP contribution in [0.25, 0.3) is 0 Å². The van der Waals surface area contributed by atoms with E-state index in [1.807, 2.05) is 35.8 Å². The molecule has 0 radical (unpaired) electrons. The van der Waals surface area contributed by atoms with E-state index in [1.54, 1.807) is 24.3 Å². The maximum atomic E-state index is 14.2. The van der Waals surface area contributed by atoms with E-state index in [2.05, 4.69) is 22.5 Å². The van der Waals surface area contributed by atoms with Crippen LogP contribution in [0.5, 0.6) is 0 Å². The first kappa shape index (κ1) is 33.0. The van der Waals surface area contributed by atoms with Crippen LogP contribution in [0.15, 0.2) is 48.7 Å². The highest BCUT2D eigenvalue weighted by Crippen LogP contribution is 2.29. The summed E-state index contributed by atoms with van der Waals surface area (Å²) in [5.41, 5.74) is 3.23. The monoisotopic (exact) mass is 584 g/mol. The molecule has 0 aromatic heterocycles. The summed E-state index contributed by atoms with van der Waals surface area (Å²) < 4.78 is 28.0. The van der Waals surface area contributed by atoms with Crippen LogP contribution in [0.4, 0.5) is 14.5 Å². The van der Waals surface area contributed by atoms with Crippen LogP contribution in [0.3, 0.4) is 0 Å². The van der Waals surface area contributed by atoms with Gasteiger partial charge in [-0.05, 0) is 55.9 Å². The lowest BCUT2D eigenvalue weighted by Crippen LogP contribution is -2.44. The Hall–Kier alpha value is -3.51. The Morgan fingerprint density at radius 2 is 1.93 bits per heavy atom. The van der Waals surface area contributed by atoms with E-state index in [9.17, 15) is 23.2 Å². The second-order valence-corrected chi connectivity index (χ2v) is 10.7. The number of nitrogens with one attached hydrogen (secondary N) is 3. The summed E-state index contributed by atoms with van der Waals surface area (Å²) in [6.07, 6.45) is 3.08. The summed E-state index contributed by atoms with van der Waals surface area (Å²) in [4.78, 5) is 41.6. The number of benzene rings is 2. The van der Waals surface area contributed by atoms with Gasteiger partial charge in [0.25, 0.3) is 0 Å². The third-order valence-corrected chi connectivity index (χ3v) is 7.76. The third-order valence-electron chi connectivity index (χ3n) is 7.76. The van der Waals surface area contributed by atoms with Gasteiger partial charge in [-0.3, -0.25) is 19.4 Å². The molecule has 3 rings (SSSR count). The number of carbonyl (C=O) groups excluding carboxylic acids is 3. The van der Waals surface area contributed by atoms with Crippen molar-refractivity contribution in [1.29, 1.82) is 0 Å². The normalized spacial score (nSPS) is 15.5. The summed E-state index contributed by atoms with van der Waals surface area (Å²) in [5.74, 6) is -2.01. The highest BCUT2D eigenvalue weighted by Gasteiger charge is 2.29. The lowest BCUT2D eigenvalue weighted by Gasteiger charge is -2.41. The summed E-state index contributed by atoms with van der Waals surface area (Å²) in [6.45, 7) is 7.39. The average Bonchev–Trinajstić information content (AvgIpc) is 2.98. The molecule has 1 fully saturated rings. The molecule has 1 saturated heterocycles. The number of hydrogen-bond acceptors (Lipinski definition) is 8. The second-order valence-electron chi connectivity index (χ2n) is 10.7. The van der Waals surface area contributed by atoms with Crippen molar-refractivity contribution >= 4 is 24.2 Å². The van der Waals surface area contributed by atoms with Crippen LogP contribution < -0.4 is 16.0 Å². The van der Waals surface area contributed by atoms with Gasteiger partial charge in [0, 0.05) is 81.8 Å². The molecule has 42 heavy (non-hydrogen) atoms. The van der Waals surface area contributed by atoms with Crippen molar-refractivity contribution in [2.24, 2.45) is 0 Å². The van der Waals surface area contributed by atoms with Crippen molar-refractivity contribution in [3.63, 3.8) is 0 Å². The van der Waals surface area contributed by atoms with Gasteiger partial charge >= 0.3 is 0 Å². The number of amides is 1. The molecule has 9 nitrogen and oxygen atoms in total. The van der Waals surface area contributed by atoms with Crippen molar-refractivity contribution in [2.75, 3.05) is 65.9 Å². The van der Waals surface area contributed by atoms with E-state index >= 15 is 0 Å². The number of nitrogens with zero attached hydrogens (tertiary/aromatic N) is 3. The van der Waals surface area contributed by atoms with Gasteiger partial charge in [0.1, 0.15) is 12.6 Å². The van der Waals surface area contributed by atoms with Crippen LogP contribution in [0.2, 0.25) is 0 Å². The predicted molar refractivity (Wildman–Crippen MR) is 160 cm³/mol. The molecule has 0 bridgehead atoms. The molecule has 1 heterocycles. The fourth-order valence-electron chi connectivity index (χ4n) is 5.02. The van der Waals surface area contributed by atoms with Crippen LogP contribution in [0, 0.1) is 11.6 Å². The van der Waals surface area contributed by atoms with Crippen molar-refractivity contribution in [3.8, 4) is 0 Å². The van der Waals surface area contributed by atoms with Crippen molar-refractivity contribution in [1.82, 2.24) is 25.3 Å². The minimum atomic E-state index is -0.938. The van der Waals surface area contributed by atoms with Gasteiger partial charge in [-0.1, -0.05) is 18.7 Å². The van der Waals surface area contributed by atoms with Gasteiger partial charge in [0.05, 0.1) is 6.54 Å². The molecule has 1 amide bonds. The number of halogens is 2. The largest absolute Gasteiger partial charge is 0.374 e. The Kier molecular flexibility index (Phi) is 12.7. The average molecular weight is 585 g/mol. The minimum Gasteiger partial charge on any atom is -0.374 e.